The maximum atomic E-state index is 13.6. The summed E-state index contributed by atoms with van der Waals surface area (Å²) < 4.78 is 72.0. The summed E-state index contributed by atoms with van der Waals surface area (Å²) in [6, 6.07) is 5.02. The Hall–Kier alpha value is -3.01. The van der Waals surface area contributed by atoms with Gasteiger partial charge in [0.2, 0.25) is 16.0 Å². The van der Waals surface area contributed by atoms with E-state index in [0.717, 1.165) is 0 Å². The van der Waals surface area contributed by atoms with Gasteiger partial charge in [-0.25, -0.2) is 26.8 Å². The van der Waals surface area contributed by atoms with Gasteiger partial charge < -0.3 is 14.2 Å². The van der Waals surface area contributed by atoms with Crippen LogP contribution >= 0.6 is 11.6 Å². The molecule has 3 aromatic rings. The van der Waals surface area contributed by atoms with Crippen LogP contribution in [0.5, 0.6) is 11.5 Å². The number of anilines is 1. The lowest BCUT2D eigenvalue weighted by atomic mass is 10.1. The summed E-state index contributed by atoms with van der Waals surface area (Å²) in [5.41, 5.74) is 0.316. The van der Waals surface area contributed by atoms with Crippen LogP contribution in [0.2, 0.25) is 5.02 Å². The predicted octanol–water partition coefficient (Wildman–Crippen LogP) is 2.15. The van der Waals surface area contributed by atoms with Gasteiger partial charge in [0, 0.05) is 25.4 Å². The third-order valence-corrected chi connectivity index (χ3v) is 9.87. The van der Waals surface area contributed by atoms with Gasteiger partial charge in [0.25, 0.3) is 0 Å². The summed E-state index contributed by atoms with van der Waals surface area (Å²) in [4.78, 5) is 8.18. The number of hydrogen-bond donors (Lipinski definition) is 1. The SMILES string of the molecule is COc1cccc(OC)c1-n1c(NS(=O)(=O)C(C)C(OC)c2ncc(Cl)cn2)nnc1[C@H]1CCS(=O)(=O)C1. The second-order valence-corrected chi connectivity index (χ2v) is 13.3. The molecule has 0 spiro atoms. The van der Waals surface area contributed by atoms with Crippen LogP contribution in [0.1, 0.15) is 37.0 Å². The monoisotopic (exact) mass is 586 g/mol. The van der Waals surface area contributed by atoms with E-state index in [9.17, 15) is 16.8 Å². The van der Waals surface area contributed by atoms with Gasteiger partial charge in [0.15, 0.2) is 15.7 Å². The van der Waals surface area contributed by atoms with Crippen molar-refractivity contribution in [3.63, 3.8) is 0 Å². The third-order valence-electron chi connectivity index (χ3n) is 6.21. The Morgan fingerprint density at radius 1 is 1.11 bits per heavy atom. The summed E-state index contributed by atoms with van der Waals surface area (Å²) in [5, 5.41) is 7.41. The van der Waals surface area contributed by atoms with Gasteiger partial charge in [-0.3, -0.25) is 9.29 Å². The van der Waals surface area contributed by atoms with E-state index >= 15 is 0 Å². The lowest BCUT2D eigenvalue weighted by Crippen LogP contribution is -2.33. The molecular formula is C22H27ClN6O7S2. The van der Waals surface area contributed by atoms with Gasteiger partial charge in [-0.2, -0.15) is 0 Å². The molecule has 0 radical (unpaired) electrons. The zero-order chi connectivity index (χ0) is 27.7. The van der Waals surface area contributed by atoms with Crippen molar-refractivity contribution in [3.05, 3.63) is 47.3 Å². The van der Waals surface area contributed by atoms with Crippen LogP contribution in [0.25, 0.3) is 5.69 Å². The molecule has 2 aromatic heterocycles. The molecule has 1 aliphatic heterocycles. The number of aromatic nitrogens is 5. The van der Waals surface area contributed by atoms with Crippen LogP contribution in [-0.2, 0) is 24.6 Å². The quantitative estimate of drug-likeness (QED) is 0.370. The van der Waals surface area contributed by atoms with Crippen LogP contribution in [-0.4, -0.2) is 79.7 Å². The fourth-order valence-corrected chi connectivity index (χ4v) is 7.22. The number of halogens is 1. The first kappa shape index (κ1) is 28.0. The molecule has 1 fully saturated rings. The largest absolute Gasteiger partial charge is 0.494 e. The number of sulfonamides is 1. The van der Waals surface area contributed by atoms with Crippen molar-refractivity contribution in [2.45, 2.75) is 30.6 Å². The lowest BCUT2D eigenvalue weighted by molar-refractivity contribution is 0.0950. The molecule has 3 heterocycles. The second-order valence-electron chi connectivity index (χ2n) is 8.60. The normalized spacial score (nSPS) is 18.6. The van der Waals surface area contributed by atoms with Crippen molar-refractivity contribution in [1.29, 1.82) is 0 Å². The molecule has 1 N–H and O–H groups in total. The maximum absolute atomic E-state index is 13.6. The number of nitrogens with one attached hydrogen (secondary N) is 1. The first-order chi connectivity index (χ1) is 18.0. The number of rotatable bonds is 10. The van der Waals surface area contributed by atoms with Crippen LogP contribution < -0.4 is 14.2 Å². The Morgan fingerprint density at radius 2 is 1.74 bits per heavy atom. The van der Waals surface area contributed by atoms with Gasteiger partial charge in [-0.05, 0) is 25.5 Å². The van der Waals surface area contributed by atoms with Gasteiger partial charge in [0.1, 0.15) is 34.4 Å². The summed E-state index contributed by atoms with van der Waals surface area (Å²) in [6.45, 7) is 1.43. The first-order valence-electron chi connectivity index (χ1n) is 11.4. The zero-order valence-corrected chi connectivity index (χ0v) is 23.4. The van der Waals surface area contributed by atoms with Crippen molar-refractivity contribution < 1.29 is 31.0 Å². The lowest BCUT2D eigenvalue weighted by Gasteiger charge is -2.23. The van der Waals surface area contributed by atoms with Gasteiger partial charge in [-0.15, -0.1) is 10.2 Å². The number of hydrogen-bond acceptors (Lipinski definition) is 11. The molecule has 0 amide bonds. The summed E-state index contributed by atoms with van der Waals surface area (Å²) >= 11 is 5.86. The Balaban J connectivity index is 1.80. The molecule has 0 aliphatic carbocycles. The third kappa shape index (κ3) is 5.55. The fourth-order valence-electron chi connectivity index (χ4n) is 4.26. The van der Waals surface area contributed by atoms with Crippen molar-refractivity contribution in [2.24, 2.45) is 0 Å². The number of nitrogens with zero attached hydrogens (tertiary/aromatic N) is 5. The molecule has 16 heteroatoms. The summed E-state index contributed by atoms with van der Waals surface area (Å²) in [6.07, 6.45) is 1.95. The molecule has 206 valence electrons. The van der Waals surface area contributed by atoms with Crippen molar-refractivity contribution in [3.8, 4) is 17.2 Å². The zero-order valence-electron chi connectivity index (χ0n) is 21.0. The smallest absolute Gasteiger partial charge is 0.243 e. The van der Waals surface area contributed by atoms with Gasteiger partial charge >= 0.3 is 0 Å². The Labute approximate surface area is 225 Å². The number of para-hydroxylation sites is 1. The summed E-state index contributed by atoms with van der Waals surface area (Å²) in [7, 11) is -3.24. The Bertz CT molecular complexity index is 1490. The second kappa shape index (κ2) is 11.0. The van der Waals surface area contributed by atoms with Gasteiger partial charge in [-0.1, -0.05) is 17.7 Å². The molecule has 38 heavy (non-hydrogen) atoms. The number of benzene rings is 1. The summed E-state index contributed by atoms with van der Waals surface area (Å²) in [5.74, 6) is 0.197. The average Bonchev–Trinajstić information content (AvgIpc) is 3.46. The van der Waals surface area contributed by atoms with E-state index in [1.807, 2.05) is 0 Å². The fraction of sp³-hybridized carbons (Fsp3) is 0.455. The molecule has 1 aliphatic rings. The van der Waals surface area contributed by atoms with E-state index in [4.69, 9.17) is 25.8 Å². The molecule has 1 aromatic carbocycles. The molecular weight excluding hydrogens is 560 g/mol. The van der Waals surface area contributed by atoms with Crippen LogP contribution in [0, 0.1) is 0 Å². The molecule has 4 rings (SSSR count). The predicted molar refractivity (Wildman–Crippen MR) is 139 cm³/mol. The van der Waals surface area contributed by atoms with Crippen molar-refractivity contribution >= 4 is 37.4 Å². The van der Waals surface area contributed by atoms with E-state index in [1.165, 1.54) is 45.2 Å². The van der Waals surface area contributed by atoms with Crippen molar-refractivity contribution in [1.82, 2.24) is 24.7 Å². The molecule has 0 saturated carbocycles. The maximum Gasteiger partial charge on any atom is 0.243 e. The van der Waals surface area contributed by atoms with E-state index in [2.05, 4.69) is 24.9 Å². The van der Waals surface area contributed by atoms with E-state index < -0.39 is 37.1 Å². The molecule has 3 atom stereocenters. The Morgan fingerprint density at radius 3 is 2.26 bits per heavy atom. The van der Waals surface area contributed by atoms with E-state index in [-0.39, 0.29) is 34.1 Å². The highest BCUT2D eigenvalue weighted by Gasteiger charge is 2.38. The highest BCUT2D eigenvalue weighted by Crippen LogP contribution is 2.39. The van der Waals surface area contributed by atoms with E-state index in [0.29, 0.717) is 23.6 Å². The van der Waals surface area contributed by atoms with Crippen LogP contribution in [0.15, 0.2) is 30.6 Å². The molecule has 13 nitrogen and oxygen atoms in total. The molecule has 2 unspecified atom stereocenters. The standard InChI is InChI=1S/C22H27ClN6O7S2/c1-13(19(36-4)20-24-10-15(23)11-25-20)38(32,33)28-22-27-26-21(14-8-9-37(30,31)12-14)29(22)18-16(34-2)6-5-7-17(18)35-3/h5-7,10-11,13-14,19H,8-9,12H2,1-4H3,(H,27,28)/t13?,14-,19?/m0/s1. The minimum Gasteiger partial charge on any atom is -0.494 e. The number of ether oxygens (including phenoxy) is 3. The average molecular weight is 587 g/mol. The number of sulfone groups is 1. The highest BCUT2D eigenvalue weighted by molar-refractivity contribution is 7.93. The molecule has 1 saturated heterocycles. The first-order valence-corrected chi connectivity index (χ1v) is 15.1. The highest BCUT2D eigenvalue weighted by atomic mass is 35.5. The van der Waals surface area contributed by atoms with Crippen molar-refractivity contribution in [2.75, 3.05) is 37.6 Å². The number of methoxy groups -OCH3 is 3. The topological polar surface area (TPSA) is 164 Å². The minimum atomic E-state index is -4.20. The van der Waals surface area contributed by atoms with Crippen LogP contribution in [0.4, 0.5) is 5.95 Å². The van der Waals surface area contributed by atoms with E-state index in [1.54, 1.807) is 18.2 Å². The van der Waals surface area contributed by atoms with Gasteiger partial charge in [0.05, 0.1) is 30.7 Å². The minimum absolute atomic E-state index is 0.0116. The van der Waals surface area contributed by atoms with Crippen LogP contribution in [0.3, 0.4) is 0 Å². The molecule has 0 bridgehead atoms. The Kier molecular flexibility index (Phi) is 8.11.